The summed E-state index contributed by atoms with van der Waals surface area (Å²) in [5.41, 5.74) is 4.54. The van der Waals surface area contributed by atoms with Gasteiger partial charge in [-0.25, -0.2) is 4.79 Å². The molecule has 0 saturated heterocycles. The average molecular weight is 252 g/mol. The number of carbonyl (C=O) groups is 3. The smallest absolute Gasteiger partial charge is 0.328 e. The normalized spacial score (nSPS) is 29.4. The maximum atomic E-state index is 11.8. The molecule has 2 rings (SSSR count). The number of carbonyl (C=O) groups excluding carboxylic acids is 2. The van der Waals surface area contributed by atoms with Gasteiger partial charge in [-0.1, -0.05) is 6.42 Å². The Labute approximate surface area is 104 Å². The summed E-state index contributed by atoms with van der Waals surface area (Å²) in [6, 6.07) is 0. The Morgan fingerprint density at radius 3 is 2.39 bits per heavy atom. The molecule has 0 spiro atoms. The number of hydrogen-bond acceptors (Lipinski definition) is 3. The highest BCUT2D eigenvalue weighted by Crippen LogP contribution is 2.48. The van der Waals surface area contributed by atoms with Gasteiger partial charge in [-0.15, -0.1) is 0 Å². The van der Waals surface area contributed by atoms with Gasteiger partial charge < -0.3 is 5.11 Å². The van der Waals surface area contributed by atoms with Crippen LogP contribution < -0.4 is 10.9 Å². The van der Waals surface area contributed by atoms with E-state index in [0.29, 0.717) is 11.8 Å². The second-order valence-corrected chi connectivity index (χ2v) is 4.93. The van der Waals surface area contributed by atoms with Crippen molar-refractivity contribution >= 4 is 17.8 Å². The highest BCUT2D eigenvalue weighted by molar-refractivity contribution is 5.95. The van der Waals surface area contributed by atoms with Crippen LogP contribution in [0, 0.1) is 17.8 Å². The van der Waals surface area contributed by atoms with E-state index in [1.807, 2.05) is 0 Å². The first-order valence-corrected chi connectivity index (χ1v) is 6.07. The molecule has 18 heavy (non-hydrogen) atoms. The molecule has 0 unspecified atom stereocenters. The highest BCUT2D eigenvalue weighted by atomic mass is 16.4. The van der Waals surface area contributed by atoms with Crippen LogP contribution in [0.1, 0.15) is 25.7 Å². The third-order valence-corrected chi connectivity index (χ3v) is 3.76. The van der Waals surface area contributed by atoms with Gasteiger partial charge in [-0.05, 0) is 31.1 Å². The second-order valence-electron chi connectivity index (χ2n) is 4.93. The molecule has 0 aromatic heterocycles. The third kappa shape index (κ3) is 2.88. The van der Waals surface area contributed by atoms with Gasteiger partial charge in [0.1, 0.15) is 0 Å². The number of amides is 2. The van der Waals surface area contributed by atoms with Crippen molar-refractivity contribution in [1.29, 1.82) is 0 Å². The molecule has 0 aromatic rings. The third-order valence-electron chi connectivity index (χ3n) is 3.76. The molecule has 0 aromatic carbocycles. The molecule has 3 atom stereocenters. The number of aliphatic carboxylic acids is 1. The minimum atomic E-state index is -1.20. The van der Waals surface area contributed by atoms with Crippen molar-refractivity contribution < 1.29 is 19.5 Å². The first-order valence-electron chi connectivity index (χ1n) is 6.07. The number of fused-ring (bicyclic) bond motifs is 2. The van der Waals surface area contributed by atoms with Gasteiger partial charge in [0.15, 0.2) is 0 Å². The average Bonchev–Trinajstić information content (AvgIpc) is 2.95. The molecule has 6 nitrogen and oxygen atoms in total. The summed E-state index contributed by atoms with van der Waals surface area (Å²) in [5.74, 6) is -0.917. The SMILES string of the molecule is O=C(O)/C=C\C(=O)NNC(=O)[C@@H]1C[C@@H]2CC[C@@H]1C2. The molecule has 2 fully saturated rings. The van der Waals surface area contributed by atoms with E-state index in [1.54, 1.807) is 0 Å². The van der Waals surface area contributed by atoms with Crippen LogP contribution in [0.2, 0.25) is 0 Å². The van der Waals surface area contributed by atoms with Crippen LogP contribution in [0.3, 0.4) is 0 Å². The lowest BCUT2D eigenvalue weighted by molar-refractivity contribution is -0.131. The molecule has 2 amide bonds. The van der Waals surface area contributed by atoms with Crippen LogP contribution in [0.5, 0.6) is 0 Å². The Morgan fingerprint density at radius 1 is 1.06 bits per heavy atom. The summed E-state index contributed by atoms with van der Waals surface area (Å²) in [5, 5.41) is 8.33. The van der Waals surface area contributed by atoms with Crippen molar-refractivity contribution in [2.24, 2.45) is 17.8 Å². The standard InChI is InChI=1S/C12H16N2O4/c15-10(3-4-11(16)17)13-14-12(18)9-6-7-1-2-8(9)5-7/h3-4,7-9H,1-2,5-6H2,(H,13,15)(H,14,18)(H,16,17)/b4-3-/t7-,8-,9-/m1/s1. The molecule has 2 aliphatic rings. The fraction of sp³-hybridized carbons (Fsp3) is 0.583. The van der Waals surface area contributed by atoms with Crippen LogP contribution in [-0.2, 0) is 14.4 Å². The molecule has 2 saturated carbocycles. The summed E-state index contributed by atoms with van der Waals surface area (Å²) in [7, 11) is 0. The quantitative estimate of drug-likeness (QED) is 0.494. The van der Waals surface area contributed by atoms with Crippen LogP contribution in [-0.4, -0.2) is 22.9 Å². The second kappa shape index (κ2) is 5.20. The van der Waals surface area contributed by atoms with Gasteiger partial charge in [0.2, 0.25) is 5.91 Å². The molecule has 2 aliphatic carbocycles. The number of carboxylic acids is 1. The number of rotatable bonds is 3. The molecular formula is C12H16N2O4. The first-order chi connectivity index (χ1) is 8.56. The van der Waals surface area contributed by atoms with E-state index in [9.17, 15) is 14.4 Å². The van der Waals surface area contributed by atoms with E-state index in [2.05, 4.69) is 10.9 Å². The fourth-order valence-corrected chi connectivity index (χ4v) is 2.97. The lowest BCUT2D eigenvalue weighted by Gasteiger charge is -2.20. The molecule has 0 radical (unpaired) electrons. The molecule has 0 heterocycles. The largest absolute Gasteiger partial charge is 0.478 e. The molecular weight excluding hydrogens is 236 g/mol. The molecule has 6 heteroatoms. The van der Waals surface area contributed by atoms with Gasteiger partial charge in [-0.2, -0.15) is 0 Å². The van der Waals surface area contributed by atoms with Crippen molar-refractivity contribution in [1.82, 2.24) is 10.9 Å². The number of hydrogen-bond donors (Lipinski definition) is 3. The summed E-state index contributed by atoms with van der Waals surface area (Å²) in [6.45, 7) is 0. The van der Waals surface area contributed by atoms with E-state index in [4.69, 9.17) is 5.11 Å². The molecule has 98 valence electrons. The van der Waals surface area contributed by atoms with Gasteiger partial charge in [0.25, 0.3) is 5.91 Å². The van der Waals surface area contributed by atoms with E-state index in [1.165, 1.54) is 6.42 Å². The number of carboxylic acid groups (broad SMARTS) is 1. The minimum Gasteiger partial charge on any atom is -0.478 e. The maximum Gasteiger partial charge on any atom is 0.328 e. The minimum absolute atomic E-state index is 0.00694. The maximum absolute atomic E-state index is 11.8. The Balaban J connectivity index is 1.75. The zero-order valence-electron chi connectivity index (χ0n) is 9.89. The van der Waals surface area contributed by atoms with E-state index >= 15 is 0 Å². The van der Waals surface area contributed by atoms with Crippen LogP contribution >= 0.6 is 0 Å². The van der Waals surface area contributed by atoms with Crippen LogP contribution in [0.25, 0.3) is 0 Å². The Hall–Kier alpha value is -1.85. The lowest BCUT2D eigenvalue weighted by Crippen LogP contribution is -2.45. The van der Waals surface area contributed by atoms with E-state index in [0.717, 1.165) is 31.4 Å². The van der Waals surface area contributed by atoms with Crippen LogP contribution in [0.15, 0.2) is 12.2 Å². The van der Waals surface area contributed by atoms with Gasteiger partial charge in [-0.3, -0.25) is 20.4 Å². The van der Waals surface area contributed by atoms with Gasteiger partial charge >= 0.3 is 5.97 Å². The molecule has 0 aliphatic heterocycles. The van der Waals surface area contributed by atoms with E-state index < -0.39 is 11.9 Å². The Bertz CT molecular complexity index is 405. The van der Waals surface area contributed by atoms with Crippen LogP contribution in [0.4, 0.5) is 0 Å². The van der Waals surface area contributed by atoms with Crippen molar-refractivity contribution in [3.8, 4) is 0 Å². The Kier molecular flexibility index (Phi) is 3.64. The monoisotopic (exact) mass is 252 g/mol. The van der Waals surface area contributed by atoms with Gasteiger partial charge in [0.05, 0.1) is 0 Å². The van der Waals surface area contributed by atoms with Crippen molar-refractivity contribution in [3.05, 3.63) is 12.2 Å². The fourth-order valence-electron chi connectivity index (χ4n) is 2.97. The first kappa shape index (κ1) is 12.6. The zero-order chi connectivity index (χ0) is 13.1. The summed E-state index contributed by atoms with van der Waals surface area (Å²) < 4.78 is 0. The Morgan fingerprint density at radius 2 is 1.83 bits per heavy atom. The topological polar surface area (TPSA) is 95.5 Å². The van der Waals surface area contributed by atoms with Gasteiger partial charge in [0, 0.05) is 18.1 Å². The predicted octanol–water partition coefficient (Wildman–Crippen LogP) is 0.211. The van der Waals surface area contributed by atoms with Crippen molar-refractivity contribution in [3.63, 3.8) is 0 Å². The summed E-state index contributed by atoms with van der Waals surface area (Å²) in [4.78, 5) is 33.1. The number of nitrogens with one attached hydrogen (secondary N) is 2. The summed E-state index contributed by atoms with van der Waals surface area (Å²) >= 11 is 0. The molecule has 2 bridgehead atoms. The predicted molar refractivity (Wildman–Crippen MR) is 62.0 cm³/mol. The van der Waals surface area contributed by atoms with E-state index in [-0.39, 0.29) is 11.8 Å². The number of hydrazine groups is 1. The van der Waals surface area contributed by atoms with Crippen molar-refractivity contribution in [2.75, 3.05) is 0 Å². The van der Waals surface area contributed by atoms with Crippen molar-refractivity contribution in [2.45, 2.75) is 25.7 Å². The lowest BCUT2D eigenvalue weighted by atomic mass is 9.88. The summed E-state index contributed by atoms with van der Waals surface area (Å²) in [6.07, 6.45) is 5.91. The molecule has 3 N–H and O–H groups in total. The zero-order valence-corrected chi connectivity index (χ0v) is 9.89. The highest BCUT2D eigenvalue weighted by Gasteiger charge is 2.43.